The van der Waals surface area contributed by atoms with E-state index in [0.717, 1.165) is 45.3 Å². The van der Waals surface area contributed by atoms with Crippen LogP contribution in [0.5, 0.6) is 34.5 Å². The number of aromatic hydroxyl groups is 2. The molecule has 38 heavy (non-hydrogen) atoms. The summed E-state index contributed by atoms with van der Waals surface area (Å²) in [7, 11) is 6.51. The predicted octanol–water partition coefficient (Wildman–Crippen LogP) is 7.16. The van der Waals surface area contributed by atoms with Crippen molar-refractivity contribution < 1.29 is 29.2 Å². The van der Waals surface area contributed by atoms with Gasteiger partial charge in [0.2, 0.25) is 0 Å². The van der Waals surface area contributed by atoms with Crippen molar-refractivity contribution in [2.24, 2.45) is 0 Å². The van der Waals surface area contributed by atoms with Crippen LogP contribution in [0.15, 0.2) is 84.9 Å². The molecule has 0 heterocycles. The van der Waals surface area contributed by atoms with Crippen LogP contribution in [-0.2, 0) is 0 Å². The molecule has 0 amide bonds. The van der Waals surface area contributed by atoms with Crippen molar-refractivity contribution in [3.8, 4) is 34.5 Å². The van der Waals surface area contributed by atoms with E-state index in [9.17, 15) is 10.2 Å². The molecule has 0 bridgehead atoms. The molecule has 196 valence electrons. The lowest BCUT2D eigenvalue weighted by atomic mass is 10.1. The highest BCUT2D eigenvalue weighted by Crippen LogP contribution is 2.25. The molecular formula is C32H32O6. The normalized spacial score (nSPS) is 10.6. The lowest BCUT2D eigenvalue weighted by Crippen LogP contribution is -1.88. The van der Waals surface area contributed by atoms with Gasteiger partial charge in [-0.3, -0.25) is 0 Å². The van der Waals surface area contributed by atoms with Gasteiger partial charge >= 0.3 is 0 Å². The Morgan fingerprint density at radius 3 is 0.921 bits per heavy atom. The van der Waals surface area contributed by atoms with Crippen molar-refractivity contribution in [3.63, 3.8) is 0 Å². The minimum absolute atomic E-state index is 0.264. The zero-order valence-corrected chi connectivity index (χ0v) is 21.9. The Balaban J connectivity index is 0.000000211. The zero-order chi connectivity index (χ0) is 27.3. The highest BCUT2D eigenvalue weighted by atomic mass is 16.5. The number of phenols is 2. The molecule has 0 aliphatic carbocycles. The van der Waals surface area contributed by atoms with E-state index in [0.29, 0.717) is 0 Å². The van der Waals surface area contributed by atoms with Crippen LogP contribution in [0.2, 0.25) is 0 Å². The van der Waals surface area contributed by atoms with Crippen molar-refractivity contribution in [2.75, 3.05) is 28.4 Å². The SMILES string of the molecule is COc1cc(/C=C/c2ccc(O)cc2)cc(OC)c1.COc1cc(/C=C/c2ccc(O)cc2)cc(OC)c1. The molecule has 0 unspecified atom stereocenters. The van der Waals surface area contributed by atoms with Crippen LogP contribution >= 0.6 is 0 Å². The van der Waals surface area contributed by atoms with Crippen LogP contribution in [0.25, 0.3) is 24.3 Å². The zero-order valence-electron chi connectivity index (χ0n) is 21.9. The molecule has 6 nitrogen and oxygen atoms in total. The summed E-state index contributed by atoms with van der Waals surface area (Å²) in [4.78, 5) is 0. The Bertz CT molecular complexity index is 1200. The minimum atomic E-state index is 0.264. The molecular weight excluding hydrogens is 480 g/mol. The number of hydrogen-bond acceptors (Lipinski definition) is 6. The lowest BCUT2D eigenvalue weighted by Gasteiger charge is -2.05. The topological polar surface area (TPSA) is 77.4 Å². The highest BCUT2D eigenvalue weighted by Gasteiger charge is 2.00. The fraction of sp³-hybridized carbons (Fsp3) is 0.125. The van der Waals surface area contributed by atoms with Gasteiger partial charge in [-0.1, -0.05) is 48.6 Å². The van der Waals surface area contributed by atoms with E-state index in [2.05, 4.69) is 0 Å². The number of rotatable bonds is 8. The molecule has 0 atom stereocenters. The molecule has 0 saturated carbocycles. The van der Waals surface area contributed by atoms with E-state index in [4.69, 9.17) is 18.9 Å². The van der Waals surface area contributed by atoms with E-state index in [1.807, 2.05) is 85.0 Å². The predicted molar refractivity (Wildman–Crippen MR) is 153 cm³/mol. The van der Waals surface area contributed by atoms with Gasteiger partial charge in [0, 0.05) is 12.1 Å². The summed E-state index contributed by atoms with van der Waals surface area (Å²) in [5, 5.41) is 18.4. The quantitative estimate of drug-likeness (QED) is 0.244. The van der Waals surface area contributed by atoms with Crippen LogP contribution in [0.4, 0.5) is 0 Å². The molecule has 4 aromatic rings. The number of benzene rings is 4. The standard InChI is InChI=1S/2C16H16O3/c2*1-18-15-9-13(10-16(11-15)19-2)4-3-12-5-7-14(17)8-6-12/h2*3-11,17H,1-2H3/b2*4-3+. The second-order valence-corrected chi connectivity index (χ2v) is 8.14. The van der Waals surface area contributed by atoms with Crippen molar-refractivity contribution in [1.29, 1.82) is 0 Å². The molecule has 0 aliphatic rings. The Hall–Kier alpha value is -4.84. The third-order valence-electron chi connectivity index (χ3n) is 5.47. The summed E-state index contributed by atoms with van der Waals surface area (Å²) in [6.07, 6.45) is 7.87. The number of ether oxygens (including phenoxy) is 4. The highest BCUT2D eigenvalue weighted by molar-refractivity contribution is 5.72. The van der Waals surface area contributed by atoms with E-state index < -0.39 is 0 Å². The Morgan fingerprint density at radius 1 is 0.395 bits per heavy atom. The van der Waals surface area contributed by atoms with Crippen LogP contribution in [0, 0.1) is 0 Å². The van der Waals surface area contributed by atoms with Gasteiger partial charge in [0.15, 0.2) is 0 Å². The van der Waals surface area contributed by atoms with Gasteiger partial charge in [0.1, 0.15) is 34.5 Å². The van der Waals surface area contributed by atoms with Gasteiger partial charge in [-0.2, -0.15) is 0 Å². The van der Waals surface area contributed by atoms with E-state index in [1.165, 1.54) is 0 Å². The maximum Gasteiger partial charge on any atom is 0.123 e. The minimum Gasteiger partial charge on any atom is -0.508 e. The van der Waals surface area contributed by atoms with Crippen molar-refractivity contribution in [2.45, 2.75) is 0 Å². The molecule has 0 radical (unpaired) electrons. The van der Waals surface area contributed by atoms with Crippen LogP contribution in [-0.4, -0.2) is 38.7 Å². The fourth-order valence-corrected chi connectivity index (χ4v) is 3.41. The summed E-state index contributed by atoms with van der Waals surface area (Å²) in [5.74, 6) is 3.55. The molecule has 2 N–H and O–H groups in total. The van der Waals surface area contributed by atoms with Gasteiger partial charge in [0.25, 0.3) is 0 Å². The Labute approximate surface area is 223 Å². The third kappa shape index (κ3) is 8.68. The summed E-state index contributed by atoms with van der Waals surface area (Å²) in [6, 6.07) is 25.4. The summed E-state index contributed by atoms with van der Waals surface area (Å²) < 4.78 is 20.9. The molecule has 0 aromatic heterocycles. The molecule has 4 rings (SSSR count). The molecule has 0 aliphatic heterocycles. The first kappa shape index (κ1) is 27.7. The molecule has 0 saturated heterocycles. The largest absolute Gasteiger partial charge is 0.508 e. The van der Waals surface area contributed by atoms with Gasteiger partial charge in [0.05, 0.1) is 28.4 Å². The fourth-order valence-electron chi connectivity index (χ4n) is 3.41. The maximum absolute atomic E-state index is 9.22. The van der Waals surface area contributed by atoms with Crippen LogP contribution < -0.4 is 18.9 Å². The first-order valence-electron chi connectivity index (χ1n) is 11.8. The first-order valence-corrected chi connectivity index (χ1v) is 11.8. The average molecular weight is 513 g/mol. The van der Waals surface area contributed by atoms with Crippen molar-refractivity contribution in [3.05, 3.63) is 107 Å². The smallest absolute Gasteiger partial charge is 0.123 e. The molecule has 0 spiro atoms. The Kier molecular flexibility index (Phi) is 10.3. The van der Waals surface area contributed by atoms with E-state index in [-0.39, 0.29) is 11.5 Å². The van der Waals surface area contributed by atoms with E-state index >= 15 is 0 Å². The lowest BCUT2D eigenvalue weighted by molar-refractivity contribution is 0.394. The molecule has 0 fully saturated rings. The number of methoxy groups -OCH3 is 4. The van der Waals surface area contributed by atoms with Crippen LogP contribution in [0.1, 0.15) is 22.3 Å². The summed E-state index contributed by atoms with van der Waals surface area (Å²) in [5.41, 5.74) is 4.01. The van der Waals surface area contributed by atoms with Crippen molar-refractivity contribution in [1.82, 2.24) is 0 Å². The number of hydrogen-bond donors (Lipinski definition) is 2. The van der Waals surface area contributed by atoms with Crippen LogP contribution in [0.3, 0.4) is 0 Å². The maximum atomic E-state index is 9.22. The van der Waals surface area contributed by atoms with Gasteiger partial charge < -0.3 is 29.2 Å². The second-order valence-electron chi connectivity index (χ2n) is 8.14. The second kappa shape index (κ2) is 14.0. The summed E-state index contributed by atoms with van der Waals surface area (Å²) >= 11 is 0. The van der Waals surface area contributed by atoms with Gasteiger partial charge in [-0.05, 0) is 70.8 Å². The molecule has 6 heteroatoms. The third-order valence-corrected chi connectivity index (χ3v) is 5.47. The van der Waals surface area contributed by atoms with Gasteiger partial charge in [-0.25, -0.2) is 0 Å². The Morgan fingerprint density at radius 2 is 0.658 bits per heavy atom. The monoisotopic (exact) mass is 512 g/mol. The number of phenolic OH excluding ortho intramolecular Hbond substituents is 2. The van der Waals surface area contributed by atoms with E-state index in [1.54, 1.807) is 52.7 Å². The average Bonchev–Trinajstić information content (AvgIpc) is 2.96. The van der Waals surface area contributed by atoms with Crippen molar-refractivity contribution >= 4 is 24.3 Å². The summed E-state index contributed by atoms with van der Waals surface area (Å²) in [6.45, 7) is 0. The van der Waals surface area contributed by atoms with Gasteiger partial charge in [-0.15, -0.1) is 0 Å². The first-order chi connectivity index (χ1) is 18.4. The molecule has 4 aromatic carbocycles.